The van der Waals surface area contributed by atoms with Crippen LogP contribution >= 0.6 is 0 Å². The van der Waals surface area contributed by atoms with Crippen LogP contribution in [0.15, 0.2) is 42.7 Å². The lowest BCUT2D eigenvalue weighted by atomic mass is 10.2. The molecule has 0 amide bonds. The van der Waals surface area contributed by atoms with Gasteiger partial charge in [0.15, 0.2) is 0 Å². The first kappa shape index (κ1) is 11.4. The highest BCUT2D eigenvalue weighted by Gasteiger charge is 1.94. The molecule has 3 heteroatoms. The van der Waals surface area contributed by atoms with Crippen molar-refractivity contribution in [2.45, 2.75) is 6.42 Å². The molecule has 0 aliphatic rings. The van der Waals surface area contributed by atoms with E-state index in [1.54, 1.807) is 6.20 Å². The van der Waals surface area contributed by atoms with E-state index in [0.29, 0.717) is 0 Å². The summed E-state index contributed by atoms with van der Waals surface area (Å²) < 4.78 is 1.83. The summed E-state index contributed by atoms with van der Waals surface area (Å²) in [4.78, 5) is 0. The van der Waals surface area contributed by atoms with Crippen LogP contribution in [0.1, 0.15) is 12.0 Å². The molecule has 0 saturated carbocycles. The molecule has 3 nitrogen and oxygen atoms in total. The van der Waals surface area contributed by atoms with E-state index in [4.69, 9.17) is 0 Å². The average Bonchev–Trinajstić information content (AvgIpc) is 2.89. The molecule has 0 atom stereocenters. The van der Waals surface area contributed by atoms with Crippen molar-refractivity contribution in [2.75, 3.05) is 13.6 Å². The second-order valence-electron chi connectivity index (χ2n) is 3.65. The Morgan fingerprint density at radius 1 is 1.29 bits per heavy atom. The first-order chi connectivity index (χ1) is 8.40. The van der Waals surface area contributed by atoms with Crippen LogP contribution in [0.5, 0.6) is 0 Å². The highest BCUT2D eigenvalue weighted by molar-refractivity contribution is 5.41. The monoisotopic (exact) mass is 225 g/mol. The third-order valence-corrected chi connectivity index (χ3v) is 2.37. The summed E-state index contributed by atoms with van der Waals surface area (Å²) in [7, 11) is 1.93. The third kappa shape index (κ3) is 3.20. The van der Waals surface area contributed by atoms with Gasteiger partial charge < -0.3 is 5.32 Å². The lowest BCUT2D eigenvalue weighted by Crippen LogP contribution is -2.05. The average molecular weight is 225 g/mol. The quantitative estimate of drug-likeness (QED) is 0.638. The van der Waals surface area contributed by atoms with Crippen LogP contribution in [-0.2, 0) is 0 Å². The Balaban J connectivity index is 2.05. The zero-order valence-electron chi connectivity index (χ0n) is 9.85. The second-order valence-corrected chi connectivity index (χ2v) is 3.65. The van der Waals surface area contributed by atoms with Crippen molar-refractivity contribution in [1.29, 1.82) is 0 Å². The van der Waals surface area contributed by atoms with Gasteiger partial charge >= 0.3 is 0 Å². The van der Waals surface area contributed by atoms with Gasteiger partial charge in [-0.15, -0.1) is 0 Å². The third-order valence-electron chi connectivity index (χ3n) is 2.37. The Kier molecular flexibility index (Phi) is 3.95. The summed E-state index contributed by atoms with van der Waals surface area (Å²) in [6.45, 7) is 0.929. The number of rotatable bonds is 3. The molecule has 1 aromatic carbocycles. The van der Waals surface area contributed by atoms with Gasteiger partial charge in [0, 0.05) is 30.9 Å². The molecule has 0 unspecified atom stereocenters. The largest absolute Gasteiger partial charge is 0.319 e. The van der Waals surface area contributed by atoms with Gasteiger partial charge in [-0.2, -0.15) is 5.10 Å². The maximum Gasteiger partial charge on any atom is 0.0646 e. The first-order valence-corrected chi connectivity index (χ1v) is 5.64. The van der Waals surface area contributed by atoms with Crippen molar-refractivity contribution < 1.29 is 0 Å². The van der Waals surface area contributed by atoms with Crippen LogP contribution in [-0.4, -0.2) is 23.4 Å². The molecule has 0 saturated heterocycles. The molecule has 0 aliphatic heterocycles. The summed E-state index contributed by atoms with van der Waals surface area (Å²) in [5.74, 6) is 6.25. The van der Waals surface area contributed by atoms with Crippen molar-refractivity contribution in [1.82, 2.24) is 15.1 Å². The second kappa shape index (κ2) is 5.88. The van der Waals surface area contributed by atoms with E-state index < -0.39 is 0 Å². The van der Waals surface area contributed by atoms with Crippen molar-refractivity contribution in [3.05, 3.63) is 48.3 Å². The number of benzene rings is 1. The first-order valence-electron chi connectivity index (χ1n) is 5.64. The standard InChI is InChI=1S/C14H15N3/c1-15-10-3-2-5-13-6-8-14(9-7-13)17-12-4-11-16-17/h4,6-9,11-12,15H,3,10H2,1H3. The molecule has 1 N–H and O–H groups in total. The summed E-state index contributed by atoms with van der Waals surface area (Å²) in [6, 6.07) is 9.99. The van der Waals surface area contributed by atoms with Crippen LogP contribution in [0.4, 0.5) is 0 Å². The number of nitrogens with zero attached hydrogens (tertiary/aromatic N) is 2. The van der Waals surface area contributed by atoms with Gasteiger partial charge in [0.2, 0.25) is 0 Å². The fraction of sp³-hybridized carbons (Fsp3) is 0.214. The summed E-state index contributed by atoms with van der Waals surface area (Å²) in [6.07, 6.45) is 4.57. The molecule has 0 radical (unpaired) electrons. The van der Waals surface area contributed by atoms with Gasteiger partial charge in [-0.25, -0.2) is 4.68 Å². The molecule has 86 valence electrons. The smallest absolute Gasteiger partial charge is 0.0646 e. The van der Waals surface area contributed by atoms with Crippen LogP contribution in [0.25, 0.3) is 5.69 Å². The highest BCUT2D eigenvalue weighted by atomic mass is 15.3. The zero-order valence-corrected chi connectivity index (χ0v) is 9.85. The van der Waals surface area contributed by atoms with Crippen LogP contribution in [0.2, 0.25) is 0 Å². The molecule has 1 heterocycles. The van der Waals surface area contributed by atoms with Crippen molar-refractivity contribution >= 4 is 0 Å². The van der Waals surface area contributed by atoms with E-state index in [1.165, 1.54) is 0 Å². The van der Waals surface area contributed by atoms with E-state index in [1.807, 2.05) is 48.3 Å². The number of nitrogens with one attached hydrogen (secondary N) is 1. The molecular weight excluding hydrogens is 210 g/mol. The van der Waals surface area contributed by atoms with Gasteiger partial charge in [-0.05, 0) is 37.4 Å². The lowest BCUT2D eigenvalue weighted by Gasteiger charge is -2.00. The molecule has 2 rings (SSSR count). The molecule has 0 bridgehead atoms. The minimum atomic E-state index is 0.872. The highest BCUT2D eigenvalue weighted by Crippen LogP contribution is 2.07. The number of hydrogen-bond donors (Lipinski definition) is 1. The zero-order chi connectivity index (χ0) is 11.9. The molecule has 2 aromatic rings. The minimum Gasteiger partial charge on any atom is -0.319 e. The Bertz CT molecular complexity index is 501. The summed E-state index contributed by atoms with van der Waals surface area (Å²) in [5, 5.41) is 7.24. The van der Waals surface area contributed by atoms with Gasteiger partial charge in [-0.3, -0.25) is 0 Å². The summed E-state index contributed by atoms with van der Waals surface area (Å²) in [5.41, 5.74) is 2.09. The fourth-order valence-corrected chi connectivity index (χ4v) is 1.47. The number of hydrogen-bond acceptors (Lipinski definition) is 2. The van der Waals surface area contributed by atoms with E-state index in [9.17, 15) is 0 Å². The molecule has 0 fully saturated rings. The molecule has 0 aliphatic carbocycles. The van der Waals surface area contributed by atoms with Gasteiger partial charge in [0.05, 0.1) is 5.69 Å². The van der Waals surface area contributed by atoms with Crippen LogP contribution in [0, 0.1) is 11.8 Å². The van der Waals surface area contributed by atoms with Crippen molar-refractivity contribution in [2.24, 2.45) is 0 Å². The Labute approximate surface area is 101 Å². The Hall–Kier alpha value is -2.05. The normalized spacial score (nSPS) is 9.71. The molecular formula is C14H15N3. The van der Waals surface area contributed by atoms with Crippen LogP contribution in [0.3, 0.4) is 0 Å². The van der Waals surface area contributed by atoms with Gasteiger partial charge in [0.1, 0.15) is 0 Å². The predicted octanol–water partition coefficient (Wildman–Crippen LogP) is 1.83. The fourth-order valence-electron chi connectivity index (χ4n) is 1.47. The molecule has 17 heavy (non-hydrogen) atoms. The predicted molar refractivity (Wildman–Crippen MR) is 69.0 cm³/mol. The van der Waals surface area contributed by atoms with E-state index in [2.05, 4.69) is 22.3 Å². The molecule has 0 spiro atoms. The van der Waals surface area contributed by atoms with Crippen molar-refractivity contribution in [3.8, 4) is 17.5 Å². The number of aromatic nitrogens is 2. The topological polar surface area (TPSA) is 29.9 Å². The van der Waals surface area contributed by atoms with Gasteiger partial charge in [-0.1, -0.05) is 11.8 Å². The summed E-state index contributed by atoms with van der Waals surface area (Å²) >= 11 is 0. The van der Waals surface area contributed by atoms with Crippen LogP contribution < -0.4 is 5.32 Å². The SMILES string of the molecule is CNCCC#Cc1ccc(-n2cccn2)cc1. The Morgan fingerprint density at radius 2 is 2.12 bits per heavy atom. The van der Waals surface area contributed by atoms with Crippen molar-refractivity contribution in [3.63, 3.8) is 0 Å². The minimum absolute atomic E-state index is 0.872. The maximum absolute atomic E-state index is 4.18. The lowest BCUT2D eigenvalue weighted by molar-refractivity contribution is 0.818. The van der Waals surface area contributed by atoms with E-state index >= 15 is 0 Å². The van der Waals surface area contributed by atoms with Gasteiger partial charge in [0.25, 0.3) is 0 Å². The van der Waals surface area contributed by atoms with E-state index in [-0.39, 0.29) is 0 Å². The molecule has 1 aromatic heterocycles. The van der Waals surface area contributed by atoms with E-state index in [0.717, 1.165) is 24.2 Å². The Morgan fingerprint density at radius 3 is 2.76 bits per heavy atom. The maximum atomic E-state index is 4.18.